The van der Waals surface area contributed by atoms with E-state index in [0.29, 0.717) is 70.7 Å². The predicted octanol–water partition coefficient (Wildman–Crippen LogP) is 10.9. The van der Waals surface area contributed by atoms with Crippen LogP contribution < -0.4 is 0 Å². The molecule has 520 valence electrons. The molecule has 1 saturated heterocycles. The molecule has 1 aliphatic rings. The van der Waals surface area contributed by atoms with E-state index in [9.17, 15) is 24.0 Å². The van der Waals surface area contributed by atoms with Crippen molar-refractivity contribution in [3.05, 3.63) is 223 Å². The van der Waals surface area contributed by atoms with Crippen LogP contribution in [0.25, 0.3) is 0 Å². The SMILES string of the molecule is C#CC[C@H](C)C(=O)O.C#CC[C@H](C)C(=O)OCc1ccccc1.CC.CO.C[C@@H](Cc1cn(Cc2ccccc2)nn1)C(=O)OCc1ccccc1.C[C@@H](Cc1cn(Cc2ccccc2)nn1)C(=O)OCc1ccccc1.C[C@@H](Cc1cn[nH]n1)C(=O)O.OC1CCCO1.[CH3-].[Pd]. The van der Waals surface area contributed by atoms with Gasteiger partial charge in [0.1, 0.15) is 19.8 Å². The van der Waals surface area contributed by atoms with Gasteiger partial charge in [-0.15, -0.1) is 34.9 Å². The summed E-state index contributed by atoms with van der Waals surface area (Å²) in [5.74, 6) is 0.844. The maximum absolute atomic E-state index is 12.1. The van der Waals surface area contributed by atoms with Gasteiger partial charge in [-0.05, 0) is 34.2 Å². The van der Waals surface area contributed by atoms with Gasteiger partial charge in [0.05, 0.1) is 66.0 Å². The van der Waals surface area contributed by atoms with Crippen molar-refractivity contribution in [3.8, 4) is 24.7 Å². The molecular weight excluding hydrogens is 1320 g/mol. The number of aliphatic hydroxyl groups is 2. The number of carboxylic acid groups (broad SMARTS) is 2. The van der Waals surface area contributed by atoms with Crippen molar-refractivity contribution in [2.24, 2.45) is 29.6 Å². The second-order valence-corrected chi connectivity index (χ2v) is 21.1. The number of hydrogen-bond donors (Lipinski definition) is 5. The Hall–Kier alpha value is -9.47. The van der Waals surface area contributed by atoms with Gasteiger partial charge in [0.15, 0.2) is 6.29 Å². The molecule has 5 N–H and O–H groups in total. The monoisotopic (exact) mass is 1410 g/mol. The molecule has 96 heavy (non-hydrogen) atoms. The number of esters is 3. The molecule has 4 heterocycles. The zero-order valence-electron chi connectivity index (χ0n) is 56.3. The van der Waals surface area contributed by atoms with E-state index < -0.39 is 30.1 Å². The molecule has 0 amide bonds. The Balaban J connectivity index is 0.00000118. The molecule has 22 nitrogen and oxygen atoms in total. The van der Waals surface area contributed by atoms with Gasteiger partial charge in [0.25, 0.3) is 0 Å². The van der Waals surface area contributed by atoms with Crippen molar-refractivity contribution in [3.63, 3.8) is 0 Å². The van der Waals surface area contributed by atoms with Crippen LogP contribution in [-0.2, 0) is 116 Å². The number of benzene rings is 5. The van der Waals surface area contributed by atoms with Crippen molar-refractivity contribution in [1.82, 2.24) is 45.4 Å². The third kappa shape index (κ3) is 38.7. The first-order chi connectivity index (χ1) is 45.4. The van der Waals surface area contributed by atoms with Gasteiger partial charge in [0.2, 0.25) is 0 Å². The topological polar surface area (TPSA) is 306 Å². The number of H-pyrrole nitrogens is 1. The molecule has 0 spiro atoms. The zero-order chi connectivity index (χ0) is 69.3. The Bertz CT molecular complexity index is 3240. The van der Waals surface area contributed by atoms with Crippen molar-refractivity contribution < 1.29 is 83.8 Å². The molecule has 9 rings (SSSR count). The number of aliphatic hydroxyl groups excluding tert-OH is 2. The Labute approximate surface area is 579 Å². The summed E-state index contributed by atoms with van der Waals surface area (Å²) in [7, 11) is 1.00. The second-order valence-electron chi connectivity index (χ2n) is 21.1. The summed E-state index contributed by atoms with van der Waals surface area (Å²) in [6, 6.07) is 49.1. The number of aliphatic carboxylic acids is 2. The molecular formula is C73H94N9O13Pd-. The van der Waals surface area contributed by atoms with Crippen LogP contribution in [0.1, 0.15) is 119 Å². The molecule has 0 saturated carbocycles. The van der Waals surface area contributed by atoms with Crippen LogP contribution >= 0.6 is 0 Å². The van der Waals surface area contributed by atoms with Crippen LogP contribution in [0.2, 0.25) is 0 Å². The van der Waals surface area contributed by atoms with Gasteiger partial charge in [-0.2, -0.15) is 15.4 Å². The molecule has 1 aliphatic heterocycles. The molecule has 0 aliphatic carbocycles. The first kappa shape index (κ1) is 86.5. The average molecular weight is 1410 g/mol. The summed E-state index contributed by atoms with van der Waals surface area (Å²) in [6.07, 6.45) is 18.8. The molecule has 1 fully saturated rings. The minimum Gasteiger partial charge on any atom is -0.481 e. The number of hydrogen-bond acceptors (Lipinski definition) is 17. The standard InChI is InChI=1S/2C20H21N3O2.C13H14O2.C6H9N3O2.C6H8O2.C4H8O2.C2H6.CH4O.CH3.Pd/c2*1-16(20(24)25-15-18-10-6-3-7-11-18)12-19-14-23(22-21-19)13-17-8-4-2-5-9-17;1-3-7-11(2)13(14)15-10-12-8-5-4-6-9-12;1-4(6(10)11)2-5-3-7-9-8-5;1-3-4-5(2)6(7)8;5-4-2-1-3-6-4;2*1-2;;/h2*2-11,14,16H,12-13,15H2,1H3;1,4-6,8-9,11H,7,10H2,2H3;3-4H,2H2,1H3,(H,10,11)(H,7,8,9);1,5H,4H2,2H3,(H,7,8);4-5H,1-3H2;1-2H3;2H,1H3;1H3;/q;;;;;;;;-1;/t2*16-;11-;4-;5-;;;;;/m00000...../s1. The molecule has 6 atom stereocenters. The average Bonchev–Trinajstić information content (AvgIpc) is 3.04. The summed E-state index contributed by atoms with van der Waals surface area (Å²) in [5, 5.41) is 58.6. The Morgan fingerprint density at radius 1 is 0.542 bits per heavy atom. The van der Waals surface area contributed by atoms with Crippen LogP contribution in [0.15, 0.2) is 170 Å². The molecule has 1 unspecified atom stereocenters. The summed E-state index contributed by atoms with van der Waals surface area (Å²) >= 11 is 0. The van der Waals surface area contributed by atoms with Crippen LogP contribution in [0.3, 0.4) is 0 Å². The van der Waals surface area contributed by atoms with E-state index in [4.69, 9.17) is 52.2 Å². The van der Waals surface area contributed by atoms with E-state index in [1.807, 2.05) is 192 Å². The molecule has 23 heteroatoms. The number of aromatic nitrogens is 9. The zero-order valence-corrected chi connectivity index (χ0v) is 57.9. The van der Waals surface area contributed by atoms with E-state index in [2.05, 4.69) is 47.9 Å². The third-order valence-electron chi connectivity index (χ3n) is 13.0. The van der Waals surface area contributed by atoms with Crippen molar-refractivity contribution in [2.75, 3.05) is 13.7 Å². The summed E-state index contributed by atoms with van der Waals surface area (Å²) < 4.78 is 24.1. The number of terminal acetylenes is 2. The largest absolute Gasteiger partial charge is 0.481 e. The fourth-order valence-electron chi connectivity index (χ4n) is 7.78. The van der Waals surface area contributed by atoms with Gasteiger partial charge < -0.3 is 46.8 Å². The van der Waals surface area contributed by atoms with E-state index in [-0.39, 0.29) is 63.5 Å². The molecule has 8 aromatic rings. The summed E-state index contributed by atoms with van der Waals surface area (Å²) in [6.45, 7) is 15.7. The number of ether oxygens (including phenoxy) is 4. The Morgan fingerprint density at radius 3 is 1.16 bits per heavy atom. The molecule has 5 aromatic carbocycles. The minimum atomic E-state index is -0.831. The number of carbonyl (C=O) groups excluding carboxylic acids is 3. The Morgan fingerprint density at radius 2 is 0.875 bits per heavy atom. The third-order valence-corrected chi connectivity index (χ3v) is 13.0. The number of aromatic amines is 1. The molecule has 0 radical (unpaired) electrons. The van der Waals surface area contributed by atoms with Gasteiger partial charge in [0, 0.05) is 85.1 Å². The Kier molecular flexibility index (Phi) is 47.6. The fraction of sp³-hybridized carbons (Fsp3) is 0.370. The van der Waals surface area contributed by atoms with Gasteiger partial charge in [-0.25, -0.2) is 9.36 Å². The summed E-state index contributed by atoms with van der Waals surface area (Å²) in [5.41, 5.74) is 7.54. The van der Waals surface area contributed by atoms with Gasteiger partial charge in [-0.1, -0.05) is 211 Å². The smallest absolute Gasteiger partial charge is 0.309 e. The van der Waals surface area contributed by atoms with Gasteiger partial charge >= 0.3 is 29.8 Å². The first-order valence-corrected chi connectivity index (χ1v) is 30.8. The van der Waals surface area contributed by atoms with E-state index in [1.165, 1.54) is 6.20 Å². The number of nitrogens with one attached hydrogen (secondary N) is 1. The number of rotatable bonds is 23. The van der Waals surface area contributed by atoms with E-state index >= 15 is 0 Å². The van der Waals surface area contributed by atoms with Gasteiger partial charge in [-0.3, -0.25) is 24.0 Å². The normalized spacial score (nSPS) is 12.7. The minimum absolute atomic E-state index is 0. The first-order valence-electron chi connectivity index (χ1n) is 30.8. The van der Waals surface area contributed by atoms with Crippen LogP contribution in [-0.4, -0.2) is 116 Å². The van der Waals surface area contributed by atoms with E-state index in [0.717, 1.165) is 65.8 Å². The van der Waals surface area contributed by atoms with Crippen LogP contribution in [0.4, 0.5) is 0 Å². The van der Waals surface area contributed by atoms with Crippen LogP contribution in [0.5, 0.6) is 0 Å². The van der Waals surface area contributed by atoms with Crippen molar-refractivity contribution >= 4 is 29.8 Å². The van der Waals surface area contributed by atoms with E-state index in [1.54, 1.807) is 30.1 Å². The summed E-state index contributed by atoms with van der Waals surface area (Å²) in [4.78, 5) is 56.0. The maximum Gasteiger partial charge on any atom is 0.309 e. The van der Waals surface area contributed by atoms with Crippen molar-refractivity contribution in [2.45, 2.75) is 133 Å². The quantitative estimate of drug-likeness (QED) is 0.0131. The number of carbonyl (C=O) groups is 5. The second kappa shape index (κ2) is 52.9. The predicted molar refractivity (Wildman–Crippen MR) is 362 cm³/mol. The maximum atomic E-state index is 12.1. The number of carboxylic acids is 2. The van der Waals surface area contributed by atoms with Crippen LogP contribution in [0, 0.1) is 61.7 Å². The molecule has 3 aromatic heterocycles. The molecule has 0 bridgehead atoms. The fourth-order valence-corrected chi connectivity index (χ4v) is 7.78. The van der Waals surface area contributed by atoms with Crippen molar-refractivity contribution in [1.29, 1.82) is 0 Å². The number of nitrogens with zero attached hydrogens (tertiary/aromatic N) is 8.